The van der Waals surface area contributed by atoms with Crippen LogP contribution in [0.5, 0.6) is 5.75 Å². The standard InChI is InChI=1S/C16H13F5N2O/c1-2-3-8-24-10-6-4-9(5-7-10)22-23-16-14(20)12(18)11(17)13(19)15(16)21/h4-7H,2-3,8H2,1H3. The lowest BCUT2D eigenvalue weighted by atomic mass is 10.2. The van der Waals surface area contributed by atoms with Gasteiger partial charge in [-0.2, -0.15) is 5.11 Å². The van der Waals surface area contributed by atoms with Gasteiger partial charge in [-0.15, -0.1) is 5.11 Å². The lowest BCUT2D eigenvalue weighted by molar-refractivity contribution is 0.309. The minimum Gasteiger partial charge on any atom is -0.494 e. The maximum Gasteiger partial charge on any atom is 0.200 e. The Morgan fingerprint density at radius 2 is 1.33 bits per heavy atom. The fourth-order valence-electron chi connectivity index (χ4n) is 1.73. The summed E-state index contributed by atoms with van der Waals surface area (Å²) in [4.78, 5) is 0. The number of hydrogen-bond acceptors (Lipinski definition) is 3. The molecule has 24 heavy (non-hydrogen) atoms. The molecule has 0 aliphatic carbocycles. The Hall–Kier alpha value is -2.51. The van der Waals surface area contributed by atoms with Crippen molar-refractivity contribution < 1.29 is 26.7 Å². The molecule has 0 aliphatic heterocycles. The van der Waals surface area contributed by atoms with E-state index in [9.17, 15) is 22.0 Å². The molecule has 0 atom stereocenters. The Morgan fingerprint density at radius 3 is 1.88 bits per heavy atom. The van der Waals surface area contributed by atoms with Gasteiger partial charge in [-0.3, -0.25) is 0 Å². The molecule has 2 aromatic carbocycles. The zero-order chi connectivity index (χ0) is 17.7. The van der Waals surface area contributed by atoms with Crippen LogP contribution in [0.4, 0.5) is 33.3 Å². The molecule has 0 bridgehead atoms. The molecule has 0 aromatic heterocycles. The van der Waals surface area contributed by atoms with Crippen LogP contribution in [0.3, 0.4) is 0 Å². The van der Waals surface area contributed by atoms with E-state index in [0.29, 0.717) is 12.4 Å². The van der Waals surface area contributed by atoms with Crippen LogP contribution in [0.2, 0.25) is 0 Å². The van der Waals surface area contributed by atoms with E-state index in [0.717, 1.165) is 12.8 Å². The van der Waals surface area contributed by atoms with E-state index < -0.39 is 34.8 Å². The molecule has 0 saturated carbocycles. The molecule has 0 spiro atoms. The number of rotatable bonds is 6. The molecule has 0 radical (unpaired) electrons. The number of benzene rings is 2. The SMILES string of the molecule is CCCCOc1ccc(N=Nc2c(F)c(F)c(F)c(F)c2F)cc1. The lowest BCUT2D eigenvalue weighted by Crippen LogP contribution is -2.00. The Balaban J connectivity index is 2.20. The van der Waals surface area contributed by atoms with E-state index in [1.54, 1.807) is 12.1 Å². The summed E-state index contributed by atoms with van der Waals surface area (Å²) >= 11 is 0. The van der Waals surface area contributed by atoms with Crippen LogP contribution >= 0.6 is 0 Å². The van der Waals surface area contributed by atoms with Gasteiger partial charge >= 0.3 is 0 Å². The second kappa shape index (κ2) is 7.85. The predicted molar refractivity (Wildman–Crippen MR) is 77.3 cm³/mol. The van der Waals surface area contributed by atoms with Gasteiger partial charge in [0.2, 0.25) is 5.82 Å². The Labute approximate surface area is 134 Å². The molecule has 0 fully saturated rings. The largest absolute Gasteiger partial charge is 0.494 e. The summed E-state index contributed by atoms with van der Waals surface area (Å²) in [5, 5.41) is 6.61. The zero-order valence-electron chi connectivity index (χ0n) is 12.6. The van der Waals surface area contributed by atoms with Crippen molar-refractivity contribution in [2.75, 3.05) is 6.61 Å². The normalized spacial score (nSPS) is 11.2. The van der Waals surface area contributed by atoms with Crippen molar-refractivity contribution in [2.24, 2.45) is 10.2 Å². The van der Waals surface area contributed by atoms with Gasteiger partial charge in [0.15, 0.2) is 29.0 Å². The van der Waals surface area contributed by atoms with Gasteiger partial charge in [-0.05, 0) is 30.7 Å². The Bertz CT molecular complexity index is 718. The van der Waals surface area contributed by atoms with E-state index in [1.807, 2.05) is 6.92 Å². The van der Waals surface area contributed by atoms with Gasteiger partial charge in [-0.25, -0.2) is 22.0 Å². The first-order valence-corrected chi connectivity index (χ1v) is 7.11. The number of azo groups is 1. The first kappa shape index (κ1) is 17.8. The van der Waals surface area contributed by atoms with Crippen LogP contribution in [0.15, 0.2) is 34.5 Å². The molecule has 0 heterocycles. The molecule has 2 rings (SSSR count). The molecule has 8 heteroatoms. The molecule has 2 aromatic rings. The summed E-state index contributed by atoms with van der Waals surface area (Å²) in [6.45, 7) is 2.56. The molecule has 3 nitrogen and oxygen atoms in total. The molecular formula is C16H13F5N2O. The van der Waals surface area contributed by atoms with Crippen molar-refractivity contribution in [3.05, 3.63) is 53.4 Å². The monoisotopic (exact) mass is 344 g/mol. The third-order valence-corrected chi connectivity index (χ3v) is 3.06. The van der Waals surface area contributed by atoms with E-state index in [2.05, 4.69) is 10.2 Å². The van der Waals surface area contributed by atoms with Gasteiger partial charge in [0, 0.05) is 0 Å². The summed E-state index contributed by atoms with van der Waals surface area (Å²) < 4.78 is 71.3. The summed E-state index contributed by atoms with van der Waals surface area (Å²) in [7, 11) is 0. The Morgan fingerprint density at radius 1 is 0.792 bits per heavy atom. The third-order valence-electron chi connectivity index (χ3n) is 3.06. The predicted octanol–water partition coefficient (Wildman–Crippen LogP) is 5.98. The van der Waals surface area contributed by atoms with Crippen LogP contribution in [0.25, 0.3) is 0 Å². The van der Waals surface area contributed by atoms with Crippen molar-refractivity contribution in [1.82, 2.24) is 0 Å². The number of hydrogen-bond donors (Lipinski definition) is 0. The summed E-state index contributed by atoms with van der Waals surface area (Å²) in [6, 6.07) is 6.00. The van der Waals surface area contributed by atoms with Crippen LogP contribution in [0, 0.1) is 29.1 Å². The van der Waals surface area contributed by atoms with Crippen molar-refractivity contribution in [3.63, 3.8) is 0 Å². The fourth-order valence-corrected chi connectivity index (χ4v) is 1.73. The second-order valence-electron chi connectivity index (χ2n) is 4.81. The van der Waals surface area contributed by atoms with Gasteiger partial charge < -0.3 is 4.74 Å². The van der Waals surface area contributed by atoms with E-state index in [-0.39, 0.29) is 5.69 Å². The highest BCUT2D eigenvalue weighted by Crippen LogP contribution is 2.31. The fraction of sp³-hybridized carbons (Fsp3) is 0.250. The van der Waals surface area contributed by atoms with Crippen molar-refractivity contribution in [3.8, 4) is 5.75 Å². The molecule has 0 aliphatic rings. The van der Waals surface area contributed by atoms with E-state index in [4.69, 9.17) is 4.74 Å². The van der Waals surface area contributed by atoms with Crippen molar-refractivity contribution in [2.45, 2.75) is 19.8 Å². The minimum absolute atomic E-state index is 0.168. The van der Waals surface area contributed by atoms with Crippen LogP contribution in [-0.4, -0.2) is 6.61 Å². The van der Waals surface area contributed by atoms with E-state index in [1.165, 1.54) is 12.1 Å². The third kappa shape index (κ3) is 3.87. The smallest absolute Gasteiger partial charge is 0.200 e. The average molecular weight is 344 g/mol. The Kier molecular flexibility index (Phi) is 5.83. The van der Waals surface area contributed by atoms with Crippen LogP contribution in [-0.2, 0) is 0 Å². The van der Waals surface area contributed by atoms with Crippen molar-refractivity contribution >= 4 is 11.4 Å². The van der Waals surface area contributed by atoms with Crippen LogP contribution in [0.1, 0.15) is 19.8 Å². The van der Waals surface area contributed by atoms with Gasteiger partial charge in [-0.1, -0.05) is 13.3 Å². The maximum absolute atomic E-state index is 13.4. The molecule has 0 unspecified atom stereocenters. The maximum atomic E-state index is 13.4. The molecule has 0 amide bonds. The van der Waals surface area contributed by atoms with Gasteiger partial charge in [0.25, 0.3) is 0 Å². The first-order chi connectivity index (χ1) is 11.5. The minimum atomic E-state index is -2.24. The quantitative estimate of drug-likeness (QED) is 0.209. The molecular weight excluding hydrogens is 331 g/mol. The van der Waals surface area contributed by atoms with Gasteiger partial charge in [0.1, 0.15) is 5.75 Å². The van der Waals surface area contributed by atoms with Crippen LogP contribution < -0.4 is 4.74 Å². The molecule has 0 N–H and O–H groups in total. The average Bonchev–Trinajstić information content (AvgIpc) is 2.60. The number of nitrogens with zero attached hydrogens (tertiary/aromatic N) is 2. The highest BCUT2D eigenvalue weighted by molar-refractivity contribution is 5.44. The highest BCUT2D eigenvalue weighted by atomic mass is 19.2. The molecule has 128 valence electrons. The number of halogens is 5. The second-order valence-corrected chi connectivity index (χ2v) is 4.81. The highest BCUT2D eigenvalue weighted by Gasteiger charge is 2.25. The summed E-state index contributed by atoms with van der Waals surface area (Å²) in [6.07, 6.45) is 1.87. The van der Waals surface area contributed by atoms with Crippen molar-refractivity contribution in [1.29, 1.82) is 0 Å². The lowest BCUT2D eigenvalue weighted by Gasteiger charge is -2.05. The number of unbranched alkanes of at least 4 members (excludes halogenated alkanes) is 1. The van der Waals surface area contributed by atoms with Gasteiger partial charge in [0.05, 0.1) is 12.3 Å². The summed E-state index contributed by atoms with van der Waals surface area (Å²) in [5.41, 5.74) is -1.17. The first-order valence-electron chi connectivity index (χ1n) is 7.11. The van der Waals surface area contributed by atoms with E-state index >= 15 is 0 Å². The molecule has 0 saturated heterocycles. The zero-order valence-corrected chi connectivity index (χ0v) is 12.6. The summed E-state index contributed by atoms with van der Waals surface area (Å²) in [5.74, 6) is -9.87. The number of ether oxygens (including phenoxy) is 1. The topological polar surface area (TPSA) is 34.0 Å².